The van der Waals surface area contributed by atoms with E-state index < -0.39 is 10.0 Å². The number of hydrogen-bond donors (Lipinski definition) is 1. The molecule has 1 aromatic rings. The molecule has 0 radical (unpaired) electrons. The predicted molar refractivity (Wildman–Crippen MR) is 113 cm³/mol. The molecule has 2 heterocycles. The van der Waals surface area contributed by atoms with Gasteiger partial charge in [0.05, 0.1) is 6.26 Å². The Bertz CT molecular complexity index is 791. The number of carbonyl (C=O) groups is 1. The highest BCUT2D eigenvalue weighted by Gasteiger charge is 2.22. The Hall–Kier alpha value is -1.64. The molecule has 0 atom stereocenters. The van der Waals surface area contributed by atoms with Gasteiger partial charge in [0.15, 0.2) is 0 Å². The fraction of sp³-hybridized carbons (Fsp3) is 0.667. The van der Waals surface area contributed by atoms with Crippen LogP contribution < -0.4 is 10.1 Å². The molecule has 0 bridgehead atoms. The van der Waals surface area contributed by atoms with E-state index >= 15 is 0 Å². The lowest BCUT2D eigenvalue weighted by atomic mass is 10.1. The van der Waals surface area contributed by atoms with E-state index in [-0.39, 0.29) is 5.91 Å². The average molecular weight is 424 g/mol. The van der Waals surface area contributed by atoms with Crippen LogP contribution in [-0.2, 0) is 27.8 Å². The van der Waals surface area contributed by atoms with Gasteiger partial charge in [-0.15, -0.1) is 0 Å². The lowest BCUT2D eigenvalue weighted by Gasteiger charge is -2.26. The molecule has 1 amide bonds. The summed E-state index contributed by atoms with van der Waals surface area (Å²) in [5.41, 5.74) is 1.87. The number of piperidine rings is 1. The Labute approximate surface area is 174 Å². The highest BCUT2D eigenvalue weighted by atomic mass is 32.2. The first-order chi connectivity index (χ1) is 13.9. The molecule has 0 spiro atoms. The third-order valence-electron chi connectivity index (χ3n) is 5.60. The van der Waals surface area contributed by atoms with Gasteiger partial charge in [0.1, 0.15) is 12.4 Å². The van der Waals surface area contributed by atoms with Crippen molar-refractivity contribution in [3.05, 3.63) is 29.3 Å². The smallest absolute Gasteiger partial charge is 0.220 e. The summed E-state index contributed by atoms with van der Waals surface area (Å²) in [6.07, 6.45) is 7.19. The van der Waals surface area contributed by atoms with Crippen LogP contribution in [0, 0.1) is 0 Å². The second-order valence-corrected chi connectivity index (χ2v) is 9.98. The molecule has 1 saturated heterocycles. The monoisotopic (exact) mass is 423 g/mol. The SMILES string of the molecule is CS(=O)(=O)N1CCOc2ccc(CCC(=O)NCCCN3CCCCC3)cc2C1. The Morgan fingerprint density at radius 2 is 1.97 bits per heavy atom. The van der Waals surface area contributed by atoms with Crippen LogP contribution in [0.25, 0.3) is 0 Å². The molecule has 2 aliphatic heterocycles. The minimum atomic E-state index is -3.27. The lowest BCUT2D eigenvalue weighted by Crippen LogP contribution is -2.33. The Kier molecular flexibility index (Phi) is 7.91. The summed E-state index contributed by atoms with van der Waals surface area (Å²) in [6.45, 7) is 5.16. The van der Waals surface area contributed by atoms with Crippen LogP contribution >= 0.6 is 0 Å². The van der Waals surface area contributed by atoms with Gasteiger partial charge in [-0.1, -0.05) is 18.6 Å². The number of amides is 1. The third kappa shape index (κ3) is 6.97. The molecule has 1 fully saturated rings. The standard InChI is InChI=1S/C21H33N3O4S/c1-29(26,27)24-14-15-28-20-8-6-18(16-19(20)17-24)7-9-21(25)22-10-5-13-23-11-3-2-4-12-23/h6,8,16H,2-5,7,9-15,17H2,1H3,(H,22,25). The maximum atomic E-state index is 12.2. The molecular formula is C21H33N3O4S. The van der Waals surface area contributed by atoms with Crippen LogP contribution in [0.3, 0.4) is 0 Å². The maximum absolute atomic E-state index is 12.2. The van der Waals surface area contributed by atoms with Gasteiger partial charge in [0, 0.05) is 31.6 Å². The van der Waals surface area contributed by atoms with E-state index in [1.165, 1.54) is 42.9 Å². The van der Waals surface area contributed by atoms with E-state index in [0.29, 0.717) is 32.5 Å². The Morgan fingerprint density at radius 3 is 2.72 bits per heavy atom. The van der Waals surface area contributed by atoms with Crippen molar-refractivity contribution in [2.45, 2.75) is 45.1 Å². The quantitative estimate of drug-likeness (QED) is 0.645. The second kappa shape index (κ2) is 10.4. The van der Waals surface area contributed by atoms with Crippen molar-refractivity contribution in [3.8, 4) is 5.75 Å². The molecule has 0 aliphatic carbocycles. The number of fused-ring (bicyclic) bond motifs is 1. The first-order valence-electron chi connectivity index (χ1n) is 10.6. The van der Waals surface area contributed by atoms with Crippen molar-refractivity contribution in [1.29, 1.82) is 0 Å². The summed E-state index contributed by atoms with van der Waals surface area (Å²) >= 11 is 0. The van der Waals surface area contributed by atoms with Crippen molar-refractivity contribution < 1.29 is 17.9 Å². The molecule has 2 aliphatic rings. The topological polar surface area (TPSA) is 78.9 Å². The second-order valence-electron chi connectivity index (χ2n) is 7.99. The average Bonchev–Trinajstić information content (AvgIpc) is 2.92. The molecule has 1 aromatic carbocycles. The van der Waals surface area contributed by atoms with Gasteiger partial charge >= 0.3 is 0 Å². The Balaban J connectivity index is 1.43. The van der Waals surface area contributed by atoms with E-state index in [1.54, 1.807) is 0 Å². The summed E-state index contributed by atoms with van der Waals surface area (Å²) in [5, 5.41) is 3.01. The van der Waals surface area contributed by atoms with Crippen LogP contribution in [0.1, 0.15) is 43.2 Å². The number of ether oxygens (including phenoxy) is 1. The van der Waals surface area contributed by atoms with Gasteiger partial charge in [-0.25, -0.2) is 8.42 Å². The first kappa shape index (κ1) is 22.1. The number of benzene rings is 1. The molecule has 162 valence electrons. The van der Waals surface area contributed by atoms with Gasteiger partial charge in [0.2, 0.25) is 15.9 Å². The van der Waals surface area contributed by atoms with E-state index in [4.69, 9.17) is 4.74 Å². The number of aryl methyl sites for hydroxylation is 1. The van der Waals surface area contributed by atoms with Crippen molar-refractivity contribution in [3.63, 3.8) is 0 Å². The summed E-state index contributed by atoms with van der Waals surface area (Å²) in [6, 6.07) is 5.80. The fourth-order valence-corrected chi connectivity index (χ4v) is 4.70. The molecule has 0 unspecified atom stereocenters. The molecule has 8 heteroatoms. The number of hydrogen-bond acceptors (Lipinski definition) is 5. The normalized spacial score (nSPS) is 18.5. The van der Waals surface area contributed by atoms with Crippen LogP contribution in [0.2, 0.25) is 0 Å². The molecule has 3 rings (SSSR count). The summed E-state index contributed by atoms with van der Waals surface area (Å²) in [5.74, 6) is 0.787. The van der Waals surface area contributed by atoms with Crippen LogP contribution in [-0.4, -0.2) is 69.1 Å². The fourth-order valence-electron chi connectivity index (χ4n) is 3.92. The highest BCUT2D eigenvalue weighted by Crippen LogP contribution is 2.26. The van der Waals surface area contributed by atoms with Crippen LogP contribution in [0.5, 0.6) is 5.75 Å². The van der Waals surface area contributed by atoms with Crippen molar-refractivity contribution >= 4 is 15.9 Å². The first-order valence-corrected chi connectivity index (χ1v) is 12.5. The molecule has 1 N–H and O–H groups in total. The number of carbonyl (C=O) groups excluding carboxylic acids is 1. The molecule has 0 saturated carbocycles. The maximum Gasteiger partial charge on any atom is 0.220 e. The Morgan fingerprint density at radius 1 is 1.17 bits per heavy atom. The number of nitrogens with one attached hydrogen (secondary N) is 1. The van der Waals surface area contributed by atoms with Crippen LogP contribution in [0.15, 0.2) is 18.2 Å². The molecule has 0 aromatic heterocycles. The van der Waals surface area contributed by atoms with Crippen molar-refractivity contribution in [2.75, 3.05) is 45.6 Å². The molecule has 29 heavy (non-hydrogen) atoms. The lowest BCUT2D eigenvalue weighted by molar-refractivity contribution is -0.121. The van der Waals surface area contributed by atoms with Gasteiger partial charge in [-0.05, 0) is 56.9 Å². The van der Waals surface area contributed by atoms with Crippen molar-refractivity contribution in [1.82, 2.24) is 14.5 Å². The number of nitrogens with zero attached hydrogens (tertiary/aromatic N) is 2. The number of rotatable bonds is 8. The number of likely N-dealkylation sites (tertiary alicyclic amines) is 1. The van der Waals surface area contributed by atoms with E-state index in [9.17, 15) is 13.2 Å². The summed E-state index contributed by atoms with van der Waals surface area (Å²) in [7, 11) is -3.27. The molecule has 7 nitrogen and oxygen atoms in total. The van der Waals surface area contributed by atoms with Gasteiger partial charge in [-0.2, -0.15) is 4.31 Å². The van der Waals surface area contributed by atoms with Gasteiger partial charge < -0.3 is 15.0 Å². The van der Waals surface area contributed by atoms with Crippen molar-refractivity contribution in [2.24, 2.45) is 0 Å². The zero-order chi connectivity index (χ0) is 20.7. The zero-order valence-electron chi connectivity index (χ0n) is 17.4. The largest absolute Gasteiger partial charge is 0.492 e. The minimum Gasteiger partial charge on any atom is -0.492 e. The predicted octanol–water partition coefficient (Wildman–Crippen LogP) is 1.77. The zero-order valence-corrected chi connectivity index (χ0v) is 18.2. The van der Waals surface area contributed by atoms with Gasteiger partial charge in [-0.3, -0.25) is 4.79 Å². The minimum absolute atomic E-state index is 0.0626. The van der Waals surface area contributed by atoms with E-state index in [0.717, 1.165) is 36.4 Å². The van der Waals surface area contributed by atoms with Crippen LogP contribution in [0.4, 0.5) is 0 Å². The van der Waals surface area contributed by atoms with E-state index in [2.05, 4.69) is 10.2 Å². The third-order valence-corrected chi connectivity index (χ3v) is 6.85. The molecular weight excluding hydrogens is 390 g/mol. The van der Waals surface area contributed by atoms with Gasteiger partial charge in [0.25, 0.3) is 0 Å². The summed E-state index contributed by atoms with van der Waals surface area (Å²) in [4.78, 5) is 14.6. The van der Waals surface area contributed by atoms with E-state index in [1.807, 2.05) is 18.2 Å². The number of sulfonamides is 1. The summed E-state index contributed by atoms with van der Waals surface area (Å²) < 4.78 is 30.9. The highest BCUT2D eigenvalue weighted by molar-refractivity contribution is 7.88.